The molecule has 100 valence electrons. The number of nitrogens with zero attached hydrogens (tertiary/aromatic N) is 2. The van der Waals surface area contributed by atoms with Crippen molar-refractivity contribution in [3.8, 4) is 0 Å². The van der Waals surface area contributed by atoms with Crippen molar-refractivity contribution in [3.63, 3.8) is 0 Å². The Balaban J connectivity index is 2.34. The van der Waals surface area contributed by atoms with Crippen LogP contribution < -0.4 is 4.90 Å². The third-order valence-electron chi connectivity index (χ3n) is 3.13. The van der Waals surface area contributed by atoms with Gasteiger partial charge in [-0.1, -0.05) is 19.1 Å². The molecule has 0 aliphatic heterocycles. The van der Waals surface area contributed by atoms with Gasteiger partial charge in [-0.25, -0.2) is 9.37 Å². The monoisotopic (exact) mass is 260 g/mol. The number of rotatable bonds is 4. The lowest BCUT2D eigenvalue weighted by molar-refractivity contribution is 0.281. The van der Waals surface area contributed by atoms with E-state index in [9.17, 15) is 9.50 Å². The van der Waals surface area contributed by atoms with Gasteiger partial charge in [0.1, 0.15) is 11.6 Å². The van der Waals surface area contributed by atoms with Crippen LogP contribution in [0, 0.1) is 5.82 Å². The number of aryl methyl sites for hydroxylation is 1. The second-order valence-electron chi connectivity index (χ2n) is 4.37. The topological polar surface area (TPSA) is 36.4 Å². The zero-order valence-corrected chi connectivity index (χ0v) is 11.1. The Bertz CT molecular complexity index is 555. The third-order valence-corrected chi connectivity index (χ3v) is 3.13. The summed E-state index contributed by atoms with van der Waals surface area (Å²) in [6, 6.07) is 9.39. The molecule has 2 rings (SSSR count). The van der Waals surface area contributed by atoms with Crippen LogP contribution in [-0.2, 0) is 13.0 Å². The number of halogens is 1. The van der Waals surface area contributed by atoms with E-state index in [1.807, 2.05) is 36.2 Å². The lowest BCUT2D eigenvalue weighted by Gasteiger charge is -2.21. The number of benzene rings is 1. The van der Waals surface area contributed by atoms with Crippen molar-refractivity contribution in [1.29, 1.82) is 0 Å². The fourth-order valence-electron chi connectivity index (χ4n) is 1.97. The van der Waals surface area contributed by atoms with E-state index in [0.717, 1.165) is 18.3 Å². The van der Waals surface area contributed by atoms with Gasteiger partial charge in [0.25, 0.3) is 0 Å². The van der Waals surface area contributed by atoms with E-state index >= 15 is 0 Å². The van der Waals surface area contributed by atoms with Crippen molar-refractivity contribution in [3.05, 3.63) is 53.5 Å². The summed E-state index contributed by atoms with van der Waals surface area (Å²) in [4.78, 5) is 5.90. The number of anilines is 2. The molecular weight excluding hydrogens is 243 g/mol. The van der Waals surface area contributed by atoms with Gasteiger partial charge in [-0.3, -0.25) is 0 Å². The molecule has 0 unspecified atom stereocenters. The Labute approximate surface area is 112 Å². The van der Waals surface area contributed by atoms with E-state index in [1.54, 1.807) is 0 Å². The molecule has 0 saturated heterocycles. The summed E-state index contributed by atoms with van der Waals surface area (Å²) in [7, 11) is 1.85. The van der Waals surface area contributed by atoms with Gasteiger partial charge in [-0.2, -0.15) is 0 Å². The largest absolute Gasteiger partial charge is 0.392 e. The van der Waals surface area contributed by atoms with Gasteiger partial charge in [0.05, 0.1) is 12.8 Å². The number of aliphatic hydroxyl groups excluding tert-OH is 1. The quantitative estimate of drug-likeness (QED) is 0.918. The third kappa shape index (κ3) is 2.90. The number of pyridine rings is 1. The molecule has 0 saturated carbocycles. The molecule has 0 amide bonds. The normalized spacial score (nSPS) is 10.5. The number of aliphatic hydroxyl groups is 1. The van der Waals surface area contributed by atoms with Crippen molar-refractivity contribution in [1.82, 2.24) is 4.98 Å². The van der Waals surface area contributed by atoms with Crippen molar-refractivity contribution in [2.24, 2.45) is 0 Å². The summed E-state index contributed by atoms with van der Waals surface area (Å²) in [5.74, 6) is 0.121. The maximum atomic E-state index is 13.1. The van der Waals surface area contributed by atoms with Gasteiger partial charge in [0, 0.05) is 18.3 Å². The molecule has 0 spiro atoms. The van der Waals surface area contributed by atoms with E-state index in [2.05, 4.69) is 11.9 Å². The van der Waals surface area contributed by atoms with Crippen LogP contribution in [0.4, 0.5) is 15.9 Å². The van der Waals surface area contributed by atoms with Crippen LogP contribution in [0.3, 0.4) is 0 Å². The maximum absolute atomic E-state index is 13.1. The molecule has 4 heteroatoms. The minimum Gasteiger partial charge on any atom is -0.392 e. The fraction of sp³-hybridized carbons (Fsp3) is 0.267. The predicted octanol–water partition coefficient (Wildman–Crippen LogP) is 3.04. The fourth-order valence-corrected chi connectivity index (χ4v) is 1.97. The van der Waals surface area contributed by atoms with Crippen LogP contribution in [0.1, 0.15) is 18.1 Å². The highest BCUT2D eigenvalue weighted by Crippen LogP contribution is 2.25. The minimum atomic E-state index is -0.442. The van der Waals surface area contributed by atoms with Crippen LogP contribution in [-0.4, -0.2) is 17.1 Å². The Hall–Kier alpha value is -1.94. The summed E-state index contributed by atoms with van der Waals surface area (Å²) >= 11 is 0. The molecule has 2 aromatic rings. The summed E-state index contributed by atoms with van der Waals surface area (Å²) in [6.45, 7) is 1.86. The van der Waals surface area contributed by atoms with E-state index in [-0.39, 0.29) is 6.61 Å². The van der Waals surface area contributed by atoms with Crippen molar-refractivity contribution in [2.75, 3.05) is 11.9 Å². The lowest BCUT2D eigenvalue weighted by atomic mass is 10.1. The molecule has 1 aromatic carbocycles. The average molecular weight is 260 g/mol. The van der Waals surface area contributed by atoms with E-state index in [1.165, 1.54) is 11.6 Å². The molecule has 0 bridgehead atoms. The number of hydrogen-bond donors (Lipinski definition) is 1. The van der Waals surface area contributed by atoms with E-state index < -0.39 is 5.82 Å². The lowest BCUT2D eigenvalue weighted by Crippen LogP contribution is -2.14. The molecule has 3 nitrogen and oxygen atoms in total. The molecule has 0 atom stereocenters. The van der Waals surface area contributed by atoms with Crippen molar-refractivity contribution in [2.45, 2.75) is 20.0 Å². The second kappa shape index (κ2) is 5.80. The molecule has 0 aliphatic rings. The molecule has 0 radical (unpaired) electrons. The summed E-state index contributed by atoms with van der Waals surface area (Å²) in [6.07, 6.45) is 2.14. The molecule has 1 heterocycles. The Morgan fingerprint density at radius 1 is 1.26 bits per heavy atom. The van der Waals surface area contributed by atoms with Crippen LogP contribution in [0.15, 0.2) is 36.5 Å². The number of hydrogen-bond acceptors (Lipinski definition) is 3. The minimum absolute atomic E-state index is 0.239. The smallest absolute Gasteiger partial charge is 0.142 e. The summed E-state index contributed by atoms with van der Waals surface area (Å²) < 4.78 is 13.1. The zero-order chi connectivity index (χ0) is 13.8. The molecule has 1 N–H and O–H groups in total. The van der Waals surface area contributed by atoms with E-state index in [4.69, 9.17) is 0 Å². The van der Waals surface area contributed by atoms with Crippen LogP contribution in [0.2, 0.25) is 0 Å². The van der Waals surface area contributed by atoms with Crippen LogP contribution >= 0.6 is 0 Å². The van der Waals surface area contributed by atoms with Gasteiger partial charge in [-0.05, 0) is 30.2 Å². The Morgan fingerprint density at radius 2 is 1.95 bits per heavy atom. The van der Waals surface area contributed by atoms with Gasteiger partial charge in [0.2, 0.25) is 0 Å². The first-order valence-electron chi connectivity index (χ1n) is 6.23. The second-order valence-corrected chi connectivity index (χ2v) is 4.37. The molecule has 0 fully saturated rings. The highest BCUT2D eigenvalue weighted by Gasteiger charge is 2.11. The van der Waals surface area contributed by atoms with Crippen molar-refractivity contribution < 1.29 is 9.50 Å². The molecule has 19 heavy (non-hydrogen) atoms. The first-order valence-corrected chi connectivity index (χ1v) is 6.23. The van der Waals surface area contributed by atoms with E-state index in [0.29, 0.717) is 11.4 Å². The van der Waals surface area contributed by atoms with Gasteiger partial charge < -0.3 is 10.0 Å². The Kier molecular flexibility index (Phi) is 4.12. The number of aromatic nitrogens is 1. The highest BCUT2D eigenvalue weighted by atomic mass is 19.1. The molecule has 1 aromatic heterocycles. The Morgan fingerprint density at radius 3 is 2.53 bits per heavy atom. The summed E-state index contributed by atoms with van der Waals surface area (Å²) in [5.41, 5.74) is 2.68. The highest BCUT2D eigenvalue weighted by molar-refractivity contribution is 5.62. The average Bonchev–Trinajstić information content (AvgIpc) is 2.46. The van der Waals surface area contributed by atoms with Crippen LogP contribution in [0.5, 0.6) is 0 Å². The van der Waals surface area contributed by atoms with Crippen molar-refractivity contribution >= 4 is 11.5 Å². The molecular formula is C15H17FN2O. The van der Waals surface area contributed by atoms with Gasteiger partial charge in [-0.15, -0.1) is 0 Å². The predicted molar refractivity (Wildman–Crippen MR) is 74.0 cm³/mol. The standard InChI is InChI=1S/C15H17FN2O/c1-3-11-4-6-14(7-5-11)18(2)15-12(10-19)8-13(16)9-17-15/h4-9,19H,3,10H2,1-2H3. The SMILES string of the molecule is CCc1ccc(N(C)c2ncc(F)cc2CO)cc1. The van der Waals surface area contributed by atoms with Gasteiger partial charge in [0.15, 0.2) is 0 Å². The first kappa shape index (κ1) is 13.5. The zero-order valence-electron chi connectivity index (χ0n) is 11.1. The van der Waals surface area contributed by atoms with Crippen LogP contribution in [0.25, 0.3) is 0 Å². The summed E-state index contributed by atoms with van der Waals surface area (Å²) in [5, 5.41) is 9.29. The maximum Gasteiger partial charge on any atom is 0.142 e. The molecule has 0 aliphatic carbocycles. The van der Waals surface area contributed by atoms with Gasteiger partial charge >= 0.3 is 0 Å². The first-order chi connectivity index (χ1) is 9.15.